The number of likely N-dealkylation sites (N-methyl/N-ethyl adjacent to an activating group) is 1. The largest absolute Gasteiger partial charge is 0.464 e. The van der Waals surface area contributed by atoms with Crippen LogP contribution >= 0.6 is 0 Å². The van der Waals surface area contributed by atoms with Gasteiger partial charge >= 0.3 is 6.01 Å². The lowest BCUT2D eigenvalue weighted by Crippen LogP contribution is -2.37. The SMILES string of the molecule is CCNc1nc(NC(C)C(=O)N(C)C)nc(OCC)n1. The second-order valence-corrected chi connectivity index (χ2v) is 4.33. The van der Waals surface area contributed by atoms with E-state index < -0.39 is 6.04 Å². The Morgan fingerprint density at radius 1 is 1.25 bits per heavy atom. The van der Waals surface area contributed by atoms with Gasteiger partial charge in [0.05, 0.1) is 6.61 Å². The van der Waals surface area contributed by atoms with E-state index in [1.807, 2.05) is 13.8 Å². The molecule has 0 aliphatic heterocycles. The van der Waals surface area contributed by atoms with E-state index in [0.717, 1.165) is 0 Å². The van der Waals surface area contributed by atoms with Gasteiger partial charge in [-0.15, -0.1) is 0 Å². The zero-order valence-corrected chi connectivity index (χ0v) is 12.6. The van der Waals surface area contributed by atoms with Crippen molar-refractivity contribution in [1.29, 1.82) is 0 Å². The quantitative estimate of drug-likeness (QED) is 0.756. The third-order valence-electron chi connectivity index (χ3n) is 2.38. The number of nitrogens with zero attached hydrogens (tertiary/aromatic N) is 4. The van der Waals surface area contributed by atoms with Gasteiger partial charge in [0.1, 0.15) is 6.04 Å². The van der Waals surface area contributed by atoms with Crippen molar-refractivity contribution in [2.24, 2.45) is 0 Å². The average Bonchev–Trinajstić information content (AvgIpc) is 2.38. The Morgan fingerprint density at radius 3 is 2.45 bits per heavy atom. The fourth-order valence-electron chi connectivity index (χ4n) is 1.49. The Balaban J connectivity index is 2.89. The Bertz CT molecular complexity index is 427. The second kappa shape index (κ2) is 7.46. The topological polar surface area (TPSA) is 92.3 Å². The molecule has 2 N–H and O–H groups in total. The Labute approximate surface area is 119 Å². The van der Waals surface area contributed by atoms with Gasteiger partial charge in [0.25, 0.3) is 0 Å². The number of aromatic nitrogens is 3. The summed E-state index contributed by atoms with van der Waals surface area (Å²) in [4.78, 5) is 25.7. The van der Waals surface area contributed by atoms with Crippen LogP contribution < -0.4 is 15.4 Å². The van der Waals surface area contributed by atoms with Crippen LogP contribution in [0.5, 0.6) is 6.01 Å². The summed E-state index contributed by atoms with van der Waals surface area (Å²) in [6, 6.07) is -0.207. The van der Waals surface area contributed by atoms with Crippen LogP contribution in [0.2, 0.25) is 0 Å². The van der Waals surface area contributed by atoms with Crippen LogP contribution in [0.3, 0.4) is 0 Å². The summed E-state index contributed by atoms with van der Waals surface area (Å²) in [6.07, 6.45) is 0. The molecule has 1 heterocycles. The molecule has 1 aromatic rings. The lowest BCUT2D eigenvalue weighted by atomic mass is 10.3. The first kappa shape index (κ1) is 15.9. The number of nitrogens with one attached hydrogen (secondary N) is 2. The summed E-state index contributed by atoms with van der Waals surface area (Å²) < 4.78 is 5.29. The second-order valence-electron chi connectivity index (χ2n) is 4.33. The summed E-state index contributed by atoms with van der Waals surface area (Å²) in [6.45, 7) is 6.68. The van der Waals surface area contributed by atoms with E-state index in [4.69, 9.17) is 4.74 Å². The lowest BCUT2D eigenvalue weighted by Gasteiger charge is -2.18. The minimum Gasteiger partial charge on any atom is -0.464 e. The summed E-state index contributed by atoms with van der Waals surface area (Å²) in [7, 11) is 3.40. The van der Waals surface area contributed by atoms with Gasteiger partial charge in [0.15, 0.2) is 0 Å². The number of carbonyl (C=O) groups excluding carboxylic acids is 1. The number of anilines is 2. The smallest absolute Gasteiger partial charge is 0.323 e. The van der Waals surface area contributed by atoms with Crippen molar-refractivity contribution in [1.82, 2.24) is 19.9 Å². The van der Waals surface area contributed by atoms with Gasteiger partial charge in [-0.05, 0) is 20.8 Å². The van der Waals surface area contributed by atoms with Crippen molar-refractivity contribution < 1.29 is 9.53 Å². The van der Waals surface area contributed by atoms with E-state index in [1.165, 1.54) is 4.90 Å². The summed E-state index contributed by atoms with van der Waals surface area (Å²) in [5, 5.41) is 5.94. The zero-order chi connectivity index (χ0) is 15.1. The van der Waals surface area contributed by atoms with Crippen molar-refractivity contribution in [2.45, 2.75) is 26.8 Å². The van der Waals surface area contributed by atoms with Crippen LogP contribution in [-0.2, 0) is 4.79 Å². The van der Waals surface area contributed by atoms with Gasteiger partial charge in [-0.25, -0.2) is 0 Å². The molecular weight excluding hydrogens is 260 g/mol. The fraction of sp³-hybridized carbons (Fsp3) is 0.667. The predicted molar refractivity (Wildman–Crippen MR) is 76.9 cm³/mol. The molecule has 0 aliphatic rings. The molecule has 0 spiro atoms. The molecule has 0 aromatic carbocycles. The number of hydrogen-bond acceptors (Lipinski definition) is 7. The first-order valence-corrected chi connectivity index (χ1v) is 6.58. The minimum absolute atomic E-state index is 0.0617. The molecule has 1 rings (SSSR count). The minimum atomic E-state index is -0.434. The molecule has 20 heavy (non-hydrogen) atoms. The van der Waals surface area contributed by atoms with Gasteiger partial charge < -0.3 is 20.3 Å². The van der Waals surface area contributed by atoms with Gasteiger partial charge in [0, 0.05) is 20.6 Å². The van der Waals surface area contributed by atoms with Gasteiger partial charge in [-0.2, -0.15) is 15.0 Å². The Kier molecular flexibility index (Phi) is 5.95. The fourth-order valence-corrected chi connectivity index (χ4v) is 1.49. The Hall–Kier alpha value is -2.12. The highest BCUT2D eigenvalue weighted by Crippen LogP contribution is 2.12. The van der Waals surface area contributed by atoms with Crippen LogP contribution in [0.1, 0.15) is 20.8 Å². The van der Waals surface area contributed by atoms with Gasteiger partial charge in [-0.1, -0.05) is 0 Å². The number of hydrogen-bond donors (Lipinski definition) is 2. The maximum atomic E-state index is 11.8. The number of rotatable bonds is 7. The third kappa shape index (κ3) is 4.52. The maximum absolute atomic E-state index is 11.8. The predicted octanol–water partition coefficient (Wildman–Crippen LogP) is 0.591. The molecule has 1 atom stereocenters. The normalized spacial score (nSPS) is 11.7. The average molecular weight is 282 g/mol. The molecule has 0 bridgehead atoms. The molecule has 112 valence electrons. The molecule has 0 saturated heterocycles. The van der Waals surface area contributed by atoms with Crippen LogP contribution in [0, 0.1) is 0 Å². The molecule has 1 aromatic heterocycles. The van der Waals surface area contributed by atoms with E-state index in [-0.39, 0.29) is 11.9 Å². The summed E-state index contributed by atoms with van der Waals surface area (Å²) in [5.74, 6) is 0.661. The molecule has 8 nitrogen and oxygen atoms in total. The third-order valence-corrected chi connectivity index (χ3v) is 2.38. The van der Waals surface area contributed by atoms with Gasteiger partial charge in [-0.3, -0.25) is 4.79 Å². The van der Waals surface area contributed by atoms with Crippen molar-refractivity contribution in [3.05, 3.63) is 0 Å². The van der Waals surface area contributed by atoms with Crippen molar-refractivity contribution in [3.63, 3.8) is 0 Å². The molecule has 0 aliphatic carbocycles. The van der Waals surface area contributed by atoms with E-state index in [2.05, 4.69) is 25.6 Å². The number of ether oxygens (including phenoxy) is 1. The monoisotopic (exact) mass is 282 g/mol. The van der Waals surface area contributed by atoms with Crippen LogP contribution in [-0.4, -0.2) is 59.0 Å². The van der Waals surface area contributed by atoms with E-state index in [9.17, 15) is 4.79 Å². The molecule has 1 unspecified atom stereocenters. The molecule has 0 radical (unpaired) electrons. The van der Waals surface area contributed by atoms with Crippen LogP contribution in [0.4, 0.5) is 11.9 Å². The highest BCUT2D eigenvalue weighted by molar-refractivity contribution is 5.83. The van der Waals surface area contributed by atoms with Crippen molar-refractivity contribution in [3.8, 4) is 6.01 Å². The highest BCUT2D eigenvalue weighted by atomic mass is 16.5. The first-order chi connectivity index (χ1) is 9.47. The Morgan fingerprint density at radius 2 is 1.90 bits per heavy atom. The number of amides is 1. The van der Waals surface area contributed by atoms with Crippen LogP contribution in [0.15, 0.2) is 0 Å². The standard InChI is InChI=1S/C12H22N6O2/c1-6-13-10-15-11(17-12(16-10)20-7-2)14-8(3)9(19)18(4)5/h8H,6-7H2,1-5H3,(H2,13,14,15,16,17). The number of carbonyl (C=O) groups is 1. The molecule has 8 heteroatoms. The molecule has 1 amide bonds. The first-order valence-electron chi connectivity index (χ1n) is 6.58. The zero-order valence-electron chi connectivity index (χ0n) is 12.6. The highest BCUT2D eigenvalue weighted by Gasteiger charge is 2.17. The molecule has 0 saturated carbocycles. The van der Waals surface area contributed by atoms with Gasteiger partial charge in [0.2, 0.25) is 17.8 Å². The van der Waals surface area contributed by atoms with E-state index in [1.54, 1.807) is 21.0 Å². The molecular formula is C12H22N6O2. The van der Waals surface area contributed by atoms with E-state index in [0.29, 0.717) is 25.0 Å². The van der Waals surface area contributed by atoms with Crippen LogP contribution in [0.25, 0.3) is 0 Å². The summed E-state index contributed by atoms with van der Waals surface area (Å²) in [5.41, 5.74) is 0. The van der Waals surface area contributed by atoms with E-state index >= 15 is 0 Å². The lowest BCUT2D eigenvalue weighted by molar-refractivity contribution is -0.129. The molecule has 0 fully saturated rings. The summed E-state index contributed by atoms with van der Waals surface area (Å²) >= 11 is 0. The maximum Gasteiger partial charge on any atom is 0.323 e. The van der Waals surface area contributed by atoms with Crippen molar-refractivity contribution in [2.75, 3.05) is 37.9 Å². The van der Waals surface area contributed by atoms with Crippen molar-refractivity contribution >= 4 is 17.8 Å².